The van der Waals surface area contributed by atoms with Crippen molar-refractivity contribution in [3.8, 4) is 0 Å². The van der Waals surface area contributed by atoms with Gasteiger partial charge in [-0.3, -0.25) is 14.4 Å². The molecule has 0 saturated carbocycles. The van der Waals surface area contributed by atoms with Crippen LogP contribution < -0.4 is 0 Å². The van der Waals surface area contributed by atoms with E-state index in [9.17, 15) is 14.4 Å². The maximum atomic E-state index is 12.9. The van der Waals surface area contributed by atoms with Crippen LogP contribution in [0.4, 0.5) is 0 Å². The van der Waals surface area contributed by atoms with Crippen LogP contribution in [0.15, 0.2) is 109 Å². The molecule has 0 aliphatic heterocycles. The van der Waals surface area contributed by atoms with Crippen molar-refractivity contribution in [2.24, 2.45) is 0 Å². The molecule has 1 unspecified atom stereocenters. The zero-order valence-electron chi connectivity index (χ0n) is 52.6. The fourth-order valence-corrected chi connectivity index (χ4v) is 9.57. The van der Waals surface area contributed by atoms with Gasteiger partial charge in [0, 0.05) is 12.8 Å². The first kappa shape index (κ1) is 76.1. The van der Waals surface area contributed by atoms with E-state index < -0.39 is 12.1 Å². The molecule has 0 saturated heterocycles. The van der Waals surface area contributed by atoms with Crippen LogP contribution in [0.25, 0.3) is 0 Å². The molecule has 0 aliphatic rings. The highest BCUT2D eigenvalue weighted by molar-refractivity contribution is 5.72. The molecular formula is C74H126O6. The lowest BCUT2D eigenvalue weighted by atomic mass is 10.0. The van der Waals surface area contributed by atoms with Crippen molar-refractivity contribution in [1.29, 1.82) is 0 Å². The van der Waals surface area contributed by atoms with Gasteiger partial charge in [0.05, 0.1) is 6.42 Å². The van der Waals surface area contributed by atoms with E-state index in [1.807, 2.05) is 6.08 Å². The Morgan fingerprint density at radius 3 is 0.875 bits per heavy atom. The van der Waals surface area contributed by atoms with Crippen LogP contribution in [0.3, 0.4) is 0 Å². The van der Waals surface area contributed by atoms with E-state index in [1.54, 1.807) is 6.08 Å². The van der Waals surface area contributed by atoms with Gasteiger partial charge in [-0.2, -0.15) is 0 Å². The van der Waals surface area contributed by atoms with Crippen molar-refractivity contribution >= 4 is 17.9 Å². The third-order valence-electron chi connectivity index (χ3n) is 14.6. The zero-order chi connectivity index (χ0) is 57.8. The first-order valence-electron chi connectivity index (χ1n) is 33.9. The van der Waals surface area contributed by atoms with Crippen molar-refractivity contribution in [3.63, 3.8) is 0 Å². The summed E-state index contributed by atoms with van der Waals surface area (Å²) >= 11 is 0. The maximum absolute atomic E-state index is 12.9. The molecule has 80 heavy (non-hydrogen) atoms. The van der Waals surface area contributed by atoms with Gasteiger partial charge in [0.2, 0.25) is 0 Å². The van der Waals surface area contributed by atoms with Crippen LogP contribution >= 0.6 is 0 Å². The minimum Gasteiger partial charge on any atom is -0.462 e. The van der Waals surface area contributed by atoms with Gasteiger partial charge >= 0.3 is 17.9 Å². The number of hydrogen-bond acceptors (Lipinski definition) is 6. The zero-order valence-corrected chi connectivity index (χ0v) is 52.6. The maximum Gasteiger partial charge on any atom is 0.309 e. The first-order chi connectivity index (χ1) is 39.5. The Hall–Kier alpha value is -3.93. The van der Waals surface area contributed by atoms with Crippen LogP contribution in [0.1, 0.15) is 323 Å². The van der Waals surface area contributed by atoms with E-state index in [2.05, 4.69) is 118 Å². The van der Waals surface area contributed by atoms with Crippen molar-refractivity contribution in [2.45, 2.75) is 329 Å². The Labute approximate surface area is 495 Å². The second kappa shape index (κ2) is 67.6. The molecule has 0 aromatic heterocycles. The summed E-state index contributed by atoms with van der Waals surface area (Å²) in [5, 5.41) is 0. The molecule has 0 bridgehead atoms. The third-order valence-corrected chi connectivity index (χ3v) is 14.6. The van der Waals surface area contributed by atoms with Crippen LogP contribution in [0.2, 0.25) is 0 Å². The fourth-order valence-electron chi connectivity index (χ4n) is 9.57. The van der Waals surface area contributed by atoms with Gasteiger partial charge in [-0.1, -0.05) is 329 Å². The molecule has 0 fully saturated rings. The molecule has 0 spiro atoms. The number of carbonyl (C=O) groups is 3. The van der Waals surface area contributed by atoms with Gasteiger partial charge in [0.25, 0.3) is 0 Å². The van der Waals surface area contributed by atoms with Crippen molar-refractivity contribution in [3.05, 3.63) is 109 Å². The lowest BCUT2D eigenvalue weighted by Gasteiger charge is -2.18. The molecule has 0 aliphatic carbocycles. The SMILES string of the molecule is CC/C=C\C/C=C\C/C=C\C/C=C\C/C=C\CC(=O)OCC(COC(=O)CCCCCCCCCCCCCC/C=C\C/C=C\C/C=C\C/C=C\CC)OC(=O)CCCCCCCCCCCCCCCCCCCCCCCC. The standard InChI is InChI=1S/C74H126O6/c1-4-7-10-13-16-19-22-25-28-30-32-34-36-37-38-40-41-43-46-49-52-55-58-61-64-67-73(76)79-70-71(69-78-72(75)66-63-60-57-54-51-48-45-27-24-21-18-15-12-9-6-3)80-74(77)68-65-62-59-56-53-50-47-44-42-39-35-33-31-29-26-23-20-17-14-11-8-5-2/h7,9-10,12,16,18-19,21,25,27-28,32,34,45,51,54,60,63,71H,4-6,8,11,13-15,17,20,22-24,26,29-31,33,35-44,46-50,52-53,55-59,61-62,64-70H2,1-3H3/b10-7-,12-9-,19-16-,21-18-,28-25-,34-32-,45-27-,54-51-,63-60-. The van der Waals surface area contributed by atoms with Crippen molar-refractivity contribution < 1.29 is 28.6 Å². The summed E-state index contributed by atoms with van der Waals surface area (Å²) < 4.78 is 16.9. The Kier molecular flexibility index (Phi) is 64.3. The normalized spacial score (nSPS) is 12.8. The molecule has 0 aromatic rings. The second-order valence-electron chi connectivity index (χ2n) is 22.3. The van der Waals surface area contributed by atoms with Gasteiger partial charge in [-0.15, -0.1) is 0 Å². The van der Waals surface area contributed by atoms with Gasteiger partial charge in [-0.25, -0.2) is 0 Å². The third kappa shape index (κ3) is 64.9. The largest absolute Gasteiger partial charge is 0.462 e. The predicted octanol–water partition coefficient (Wildman–Crippen LogP) is 23.4. The smallest absolute Gasteiger partial charge is 0.309 e. The molecule has 6 nitrogen and oxygen atoms in total. The molecule has 0 rings (SSSR count). The summed E-state index contributed by atoms with van der Waals surface area (Å²) in [7, 11) is 0. The summed E-state index contributed by atoms with van der Waals surface area (Å²) in [4.78, 5) is 38.3. The Bertz CT molecular complexity index is 1610. The summed E-state index contributed by atoms with van der Waals surface area (Å²) in [6.45, 7) is 6.37. The highest BCUT2D eigenvalue weighted by Gasteiger charge is 2.19. The fraction of sp³-hybridized carbons (Fsp3) is 0.716. The summed E-state index contributed by atoms with van der Waals surface area (Å²) in [6, 6.07) is 0. The van der Waals surface area contributed by atoms with Gasteiger partial charge in [-0.05, 0) is 83.5 Å². The topological polar surface area (TPSA) is 78.9 Å². The molecule has 0 radical (unpaired) electrons. The molecular weight excluding hydrogens is 985 g/mol. The number of carbonyl (C=O) groups excluding carboxylic acids is 3. The van der Waals surface area contributed by atoms with E-state index in [4.69, 9.17) is 14.2 Å². The number of rotatable bonds is 61. The highest BCUT2D eigenvalue weighted by atomic mass is 16.6. The first-order valence-corrected chi connectivity index (χ1v) is 33.9. The molecule has 0 aromatic carbocycles. The van der Waals surface area contributed by atoms with E-state index >= 15 is 0 Å². The Morgan fingerprint density at radius 2 is 0.537 bits per heavy atom. The van der Waals surface area contributed by atoms with Crippen molar-refractivity contribution in [2.75, 3.05) is 13.2 Å². The average Bonchev–Trinajstić information content (AvgIpc) is 3.46. The molecule has 1 atom stereocenters. The van der Waals surface area contributed by atoms with Gasteiger partial charge < -0.3 is 14.2 Å². The minimum absolute atomic E-state index is 0.107. The summed E-state index contributed by atoms with van der Waals surface area (Å²) in [5.74, 6) is -1.03. The number of hydrogen-bond donors (Lipinski definition) is 0. The van der Waals surface area contributed by atoms with Crippen LogP contribution in [-0.4, -0.2) is 37.2 Å². The van der Waals surface area contributed by atoms with E-state index in [1.165, 1.54) is 186 Å². The number of ether oxygens (including phenoxy) is 3. The van der Waals surface area contributed by atoms with E-state index in [0.717, 1.165) is 96.3 Å². The molecule has 0 amide bonds. The van der Waals surface area contributed by atoms with E-state index in [0.29, 0.717) is 12.8 Å². The number of unbranched alkanes of at least 4 members (excludes halogenated alkanes) is 33. The molecule has 458 valence electrons. The Balaban J connectivity index is 4.37. The minimum atomic E-state index is -0.820. The summed E-state index contributed by atoms with van der Waals surface area (Å²) in [6.07, 6.45) is 92.8. The molecule has 6 heteroatoms. The lowest BCUT2D eigenvalue weighted by molar-refractivity contribution is -0.166. The number of allylic oxidation sites excluding steroid dienone is 17. The van der Waals surface area contributed by atoms with Crippen LogP contribution in [0, 0.1) is 0 Å². The van der Waals surface area contributed by atoms with Gasteiger partial charge in [0.15, 0.2) is 6.10 Å². The van der Waals surface area contributed by atoms with Crippen LogP contribution in [0.5, 0.6) is 0 Å². The predicted molar refractivity (Wildman–Crippen MR) is 348 cm³/mol. The molecule has 0 N–H and O–H groups in total. The van der Waals surface area contributed by atoms with E-state index in [-0.39, 0.29) is 31.6 Å². The monoisotopic (exact) mass is 1110 g/mol. The number of esters is 3. The highest BCUT2D eigenvalue weighted by Crippen LogP contribution is 2.17. The molecule has 0 heterocycles. The summed E-state index contributed by atoms with van der Waals surface area (Å²) in [5.41, 5.74) is 0. The second-order valence-corrected chi connectivity index (χ2v) is 22.3. The van der Waals surface area contributed by atoms with Crippen molar-refractivity contribution in [1.82, 2.24) is 0 Å². The quantitative estimate of drug-likeness (QED) is 0.0261. The Morgan fingerprint density at radius 1 is 0.275 bits per heavy atom. The lowest BCUT2D eigenvalue weighted by Crippen LogP contribution is -2.30. The van der Waals surface area contributed by atoms with Crippen LogP contribution in [-0.2, 0) is 28.6 Å². The van der Waals surface area contributed by atoms with Gasteiger partial charge in [0.1, 0.15) is 13.2 Å². The average molecular weight is 1110 g/mol.